The van der Waals surface area contributed by atoms with Gasteiger partial charge in [0.1, 0.15) is 5.15 Å². The maximum Gasteiger partial charge on any atom is 0.261 e. The van der Waals surface area contributed by atoms with E-state index in [9.17, 15) is 4.79 Å². The van der Waals surface area contributed by atoms with Crippen molar-refractivity contribution < 1.29 is 4.79 Å². The van der Waals surface area contributed by atoms with E-state index in [1.54, 1.807) is 0 Å². The van der Waals surface area contributed by atoms with Crippen LogP contribution in [0.4, 0.5) is 0 Å². The van der Waals surface area contributed by atoms with Crippen molar-refractivity contribution in [3.8, 4) is 0 Å². The summed E-state index contributed by atoms with van der Waals surface area (Å²) in [4.78, 5) is 17.7. The lowest BCUT2D eigenvalue weighted by atomic mass is 10.1. The number of pyridine rings is 1. The second-order valence-electron chi connectivity index (χ2n) is 6.41. The summed E-state index contributed by atoms with van der Waals surface area (Å²) in [6.45, 7) is 2.60. The molecule has 2 aromatic heterocycles. The van der Waals surface area contributed by atoms with E-state index < -0.39 is 0 Å². The smallest absolute Gasteiger partial charge is 0.261 e. The van der Waals surface area contributed by atoms with Gasteiger partial charge in [0.25, 0.3) is 5.91 Å². The van der Waals surface area contributed by atoms with E-state index in [1.807, 2.05) is 49.4 Å². The molecule has 2 heterocycles. The number of halogens is 2. The van der Waals surface area contributed by atoms with E-state index in [1.165, 1.54) is 11.3 Å². The van der Waals surface area contributed by atoms with Crippen molar-refractivity contribution in [2.45, 2.75) is 13.3 Å². The number of thiophene rings is 1. The molecule has 0 aliphatic heterocycles. The minimum Gasteiger partial charge on any atom is -0.351 e. The van der Waals surface area contributed by atoms with Crippen LogP contribution in [0.25, 0.3) is 21.0 Å². The van der Waals surface area contributed by atoms with E-state index in [0.717, 1.165) is 38.5 Å². The Labute approximate surface area is 170 Å². The molecule has 0 spiro atoms. The average molecular weight is 415 g/mol. The summed E-state index contributed by atoms with van der Waals surface area (Å²) in [5.41, 5.74) is 3.12. The topological polar surface area (TPSA) is 42.0 Å². The molecule has 0 aliphatic carbocycles. The van der Waals surface area contributed by atoms with Crippen LogP contribution in [0.3, 0.4) is 0 Å². The molecule has 136 valence electrons. The Balaban J connectivity index is 1.57. The normalized spacial score (nSPS) is 11.2. The number of rotatable bonds is 4. The fourth-order valence-corrected chi connectivity index (χ4v) is 4.53. The zero-order valence-corrected chi connectivity index (χ0v) is 16.9. The average Bonchev–Trinajstić information content (AvgIpc) is 3.11. The number of aryl methyl sites for hydroxylation is 1. The highest BCUT2D eigenvalue weighted by Crippen LogP contribution is 2.36. The van der Waals surface area contributed by atoms with Gasteiger partial charge in [-0.05, 0) is 49.2 Å². The van der Waals surface area contributed by atoms with Gasteiger partial charge >= 0.3 is 0 Å². The summed E-state index contributed by atoms with van der Waals surface area (Å²) in [7, 11) is 0. The Morgan fingerprint density at radius 2 is 1.85 bits per heavy atom. The molecule has 0 unspecified atom stereocenters. The molecular formula is C21H16Cl2N2OS. The van der Waals surface area contributed by atoms with Crippen molar-refractivity contribution in [1.29, 1.82) is 0 Å². The third-order valence-electron chi connectivity index (χ3n) is 4.41. The molecule has 0 saturated heterocycles. The van der Waals surface area contributed by atoms with Gasteiger partial charge in [0.05, 0.1) is 10.4 Å². The quantitative estimate of drug-likeness (QED) is 0.413. The number of hydrogen-bond donors (Lipinski definition) is 1. The lowest BCUT2D eigenvalue weighted by Crippen LogP contribution is -2.24. The fraction of sp³-hybridized carbons (Fsp3) is 0.143. The summed E-state index contributed by atoms with van der Waals surface area (Å²) in [6.07, 6.45) is 0.748. The number of hydrogen-bond acceptors (Lipinski definition) is 3. The summed E-state index contributed by atoms with van der Waals surface area (Å²) in [6, 6.07) is 15.5. The lowest BCUT2D eigenvalue weighted by Gasteiger charge is -2.04. The Morgan fingerprint density at radius 3 is 2.63 bits per heavy atom. The van der Waals surface area contributed by atoms with Crippen LogP contribution in [0.15, 0.2) is 48.5 Å². The molecule has 27 heavy (non-hydrogen) atoms. The number of nitrogens with zero attached hydrogens (tertiary/aromatic N) is 1. The Morgan fingerprint density at radius 1 is 1.07 bits per heavy atom. The molecule has 0 radical (unpaired) electrons. The van der Waals surface area contributed by atoms with E-state index in [4.69, 9.17) is 23.2 Å². The largest absolute Gasteiger partial charge is 0.351 e. The van der Waals surface area contributed by atoms with Crippen molar-refractivity contribution in [1.82, 2.24) is 10.3 Å². The second-order valence-corrected chi connectivity index (χ2v) is 8.26. The second kappa shape index (κ2) is 7.47. The molecular weight excluding hydrogens is 399 g/mol. The maximum atomic E-state index is 12.6. The Kier molecular flexibility index (Phi) is 5.04. The summed E-state index contributed by atoms with van der Waals surface area (Å²) in [5.74, 6) is -0.0953. The first-order valence-electron chi connectivity index (χ1n) is 8.53. The van der Waals surface area contributed by atoms with E-state index in [0.29, 0.717) is 21.6 Å². The zero-order chi connectivity index (χ0) is 19.0. The van der Waals surface area contributed by atoms with Crippen molar-refractivity contribution in [2.24, 2.45) is 0 Å². The molecule has 0 saturated carbocycles. The number of aromatic nitrogens is 1. The van der Waals surface area contributed by atoms with Gasteiger partial charge in [-0.2, -0.15) is 0 Å². The van der Waals surface area contributed by atoms with Gasteiger partial charge in [-0.15, -0.1) is 11.3 Å². The highest BCUT2D eigenvalue weighted by Gasteiger charge is 2.15. The minimum absolute atomic E-state index is 0.0953. The number of carbonyl (C=O) groups excluding carboxylic acids is 1. The van der Waals surface area contributed by atoms with Crippen LogP contribution in [0.2, 0.25) is 10.2 Å². The van der Waals surface area contributed by atoms with Crippen LogP contribution in [-0.2, 0) is 6.42 Å². The van der Waals surface area contributed by atoms with Gasteiger partial charge in [-0.25, -0.2) is 4.98 Å². The molecule has 0 atom stereocenters. The number of carbonyl (C=O) groups is 1. The van der Waals surface area contributed by atoms with Crippen LogP contribution in [0, 0.1) is 6.92 Å². The number of nitrogens with one attached hydrogen (secondary N) is 1. The molecule has 3 nitrogen and oxygen atoms in total. The molecule has 2 aromatic carbocycles. The third kappa shape index (κ3) is 3.79. The summed E-state index contributed by atoms with van der Waals surface area (Å²) in [5, 5.41) is 5.96. The molecule has 0 bridgehead atoms. The van der Waals surface area contributed by atoms with Crippen molar-refractivity contribution in [2.75, 3.05) is 6.54 Å². The Bertz CT molecular complexity index is 1150. The fourth-order valence-electron chi connectivity index (χ4n) is 3.01. The molecule has 4 aromatic rings. The van der Waals surface area contributed by atoms with Gasteiger partial charge in [-0.3, -0.25) is 4.79 Å². The van der Waals surface area contributed by atoms with E-state index in [-0.39, 0.29) is 5.91 Å². The predicted octanol–water partition coefficient (Wildman–Crippen LogP) is 6.04. The van der Waals surface area contributed by atoms with Crippen molar-refractivity contribution in [3.05, 3.63) is 74.7 Å². The minimum atomic E-state index is -0.0953. The Hall–Kier alpha value is -2.14. The van der Waals surface area contributed by atoms with Crippen LogP contribution < -0.4 is 5.32 Å². The SMILES string of the molecule is Cc1ccc2nc(Cl)c3cc(C(=O)NCCc4ccc(Cl)cc4)sc3c2c1. The first kappa shape index (κ1) is 18.2. The lowest BCUT2D eigenvalue weighted by molar-refractivity contribution is 0.0958. The first-order chi connectivity index (χ1) is 13.0. The highest BCUT2D eigenvalue weighted by atomic mass is 35.5. The molecule has 0 aliphatic rings. The highest BCUT2D eigenvalue weighted by molar-refractivity contribution is 7.21. The van der Waals surface area contributed by atoms with E-state index >= 15 is 0 Å². The van der Waals surface area contributed by atoms with Gasteiger partial charge in [0.15, 0.2) is 0 Å². The predicted molar refractivity (Wildman–Crippen MR) is 114 cm³/mol. The van der Waals surface area contributed by atoms with Gasteiger partial charge in [0, 0.05) is 27.0 Å². The number of fused-ring (bicyclic) bond motifs is 3. The number of benzene rings is 2. The first-order valence-corrected chi connectivity index (χ1v) is 10.1. The monoisotopic (exact) mass is 414 g/mol. The third-order valence-corrected chi connectivity index (χ3v) is 6.11. The summed E-state index contributed by atoms with van der Waals surface area (Å²) < 4.78 is 0.997. The van der Waals surface area contributed by atoms with Crippen molar-refractivity contribution >= 4 is 61.4 Å². The van der Waals surface area contributed by atoms with Crippen molar-refractivity contribution in [3.63, 3.8) is 0 Å². The zero-order valence-electron chi connectivity index (χ0n) is 14.6. The van der Waals surface area contributed by atoms with Crippen LogP contribution in [-0.4, -0.2) is 17.4 Å². The van der Waals surface area contributed by atoms with Crippen LogP contribution >= 0.6 is 34.5 Å². The summed E-state index contributed by atoms with van der Waals surface area (Å²) >= 11 is 13.7. The van der Waals surface area contributed by atoms with Gasteiger partial charge in [0.2, 0.25) is 0 Å². The van der Waals surface area contributed by atoms with E-state index in [2.05, 4.69) is 16.4 Å². The standard InChI is InChI=1S/C21H16Cl2N2OS/c1-12-2-7-17-15(10-12)19-16(20(23)25-17)11-18(27-19)21(26)24-9-8-13-3-5-14(22)6-4-13/h2-7,10-11H,8-9H2,1H3,(H,24,26). The maximum absolute atomic E-state index is 12.6. The number of amides is 1. The molecule has 1 amide bonds. The van der Waals surface area contributed by atoms with Crippen LogP contribution in [0.1, 0.15) is 20.8 Å². The van der Waals surface area contributed by atoms with Gasteiger partial charge < -0.3 is 5.32 Å². The molecule has 4 rings (SSSR count). The molecule has 1 N–H and O–H groups in total. The molecule has 0 fully saturated rings. The molecule has 6 heteroatoms. The van der Waals surface area contributed by atoms with Gasteiger partial charge in [-0.1, -0.05) is 47.0 Å². The van der Waals surface area contributed by atoms with Crippen LogP contribution in [0.5, 0.6) is 0 Å².